The molecule has 0 spiro atoms. The molecule has 6 nitrogen and oxygen atoms in total. The lowest BCUT2D eigenvalue weighted by Crippen LogP contribution is -2.19. The van der Waals surface area contributed by atoms with E-state index in [2.05, 4.69) is 18.3 Å². The number of rotatable bonds is 7. The van der Waals surface area contributed by atoms with Crippen LogP contribution in [0.3, 0.4) is 0 Å². The van der Waals surface area contributed by atoms with E-state index in [1.54, 1.807) is 19.3 Å². The minimum atomic E-state index is -0.452. The van der Waals surface area contributed by atoms with E-state index in [1.165, 1.54) is 22.7 Å². The van der Waals surface area contributed by atoms with Gasteiger partial charge in [0.1, 0.15) is 16.3 Å². The summed E-state index contributed by atoms with van der Waals surface area (Å²) in [4.78, 5) is 27.3. The number of hydrogen-bond donors (Lipinski definition) is 1. The lowest BCUT2D eigenvalue weighted by Gasteiger charge is -2.13. The van der Waals surface area contributed by atoms with Crippen LogP contribution in [0.4, 0.5) is 5.00 Å². The number of aromatic nitrogens is 1. The molecule has 1 aromatic carbocycles. The number of fused-ring (bicyclic) bond motifs is 1. The van der Waals surface area contributed by atoms with Crippen molar-refractivity contribution in [2.75, 3.05) is 11.9 Å². The van der Waals surface area contributed by atoms with Gasteiger partial charge in [0.15, 0.2) is 5.58 Å². The number of amides is 1. The minimum absolute atomic E-state index is 0.252. The highest BCUT2D eigenvalue weighted by atomic mass is 32.1. The molecule has 0 saturated heterocycles. The van der Waals surface area contributed by atoms with Gasteiger partial charge in [0, 0.05) is 34.5 Å². The Morgan fingerprint density at radius 2 is 1.97 bits per heavy atom. The second-order valence-corrected chi connectivity index (χ2v) is 9.55. The van der Waals surface area contributed by atoms with Crippen molar-refractivity contribution in [3.05, 3.63) is 87.9 Å². The largest absolute Gasteiger partial charge is 0.463 e. The molecule has 1 N–H and O–H groups in total. The van der Waals surface area contributed by atoms with Crippen LogP contribution >= 0.6 is 22.7 Å². The Labute approximate surface area is 204 Å². The number of nitrogens with one attached hydrogen (secondary N) is 1. The zero-order chi connectivity index (χ0) is 23.7. The summed E-state index contributed by atoms with van der Waals surface area (Å²) in [6.07, 6.45) is 1.62. The van der Waals surface area contributed by atoms with E-state index in [0.29, 0.717) is 28.4 Å². The van der Waals surface area contributed by atoms with Crippen LogP contribution in [0.2, 0.25) is 0 Å². The van der Waals surface area contributed by atoms with E-state index in [0.717, 1.165) is 27.1 Å². The van der Waals surface area contributed by atoms with E-state index >= 15 is 0 Å². The van der Waals surface area contributed by atoms with Crippen molar-refractivity contribution < 1.29 is 18.7 Å². The molecule has 1 amide bonds. The van der Waals surface area contributed by atoms with E-state index in [1.807, 2.05) is 51.7 Å². The predicted molar refractivity (Wildman–Crippen MR) is 136 cm³/mol. The number of benzene rings is 1. The summed E-state index contributed by atoms with van der Waals surface area (Å²) in [7, 11) is 0. The highest BCUT2D eigenvalue weighted by molar-refractivity contribution is 7.17. The second-order valence-electron chi connectivity index (χ2n) is 7.72. The number of anilines is 1. The van der Waals surface area contributed by atoms with Crippen LogP contribution in [-0.4, -0.2) is 23.1 Å². The molecule has 0 fully saturated rings. The fourth-order valence-corrected chi connectivity index (χ4v) is 5.70. The SMILES string of the molecule is CCOC(=O)c1c(-c2cccs2)csc1NC(=O)c1cc2occc2n1Cc1ccccc1C. The van der Waals surface area contributed by atoms with Crippen LogP contribution in [0.5, 0.6) is 0 Å². The van der Waals surface area contributed by atoms with Crippen LogP contribution in [0.1, 0.15) is 38.9 Å². The van der Waals surface area contributed by atoms with Crippen molar-refractivity contribution in [3.8, 4) is 10.4 Å². The molecule has 172 valence electrons. The number of hydrogen-bond acceptors (Lipinski definition) is 6. The zero-order valence-corrected chi connectivity index (χ0v) is 20.3. The van der Waals surface area contributed by atoms with Crippen molar-refractivity contribution in [1.29, 1.82) is 0 Å². The summed E-state index contributed by atoms with van der Waals surface area (Å²) in [5.74, 6) is -0.767. The number of carbonyl (C=O) groups excluding carboxylic acids is 2. The molecule has 0 bridgehead atoms. The molecule has 0 aliphatic heterocycles. The Morgan fingerprint density at radius 3 is 2.74 bits per heavy atom. The van der Waals surface area contributed by atoms with Gasteiger partial charge in [0.05, 0.1) is 18.4 Å². The molecular weight excluding hydrogens is 468 g/mol. The molecule has 5 aromatic rings. The maximum atomic E-state index is 13.5. The molecule has 0 aliphatic rings. The Hall–Kier alpha value is -3.62. The molecule has 0 aliphatic carbocycles. The summed E-state index contributed by atoms with van der Waals surface area (Å²) in [6.45, 7) is 4.59. The van der Waals surface area contributed by atoms with Gasteiger partial charge in [-0.1, -0.05) is 30.3 Å². The maximum absolute atomic E-state index is 13.5. The molecule has 5 rings (SSSR count). The average molecular weight is 491 g/mol. The van der Waals surface area contributed by atoms with Crippen LogP contribution < -0.4 is 5.32 Å². The molecule has 4 heterocycles. The number of esters is 1. The number of ether oxygens (including phenoxy) is 1. The molecule has 34 heavy (non-hydrogen) atoms. The van der Waals surface area contributed by atoms with E-state index in [9.17, 15) is 9.59 Å². The van der Waals surface area contributed by atoms with Gasteiger partial charge in [-0.3, -0.25) is 4.79 Å². The Morgan fingerprint density at radius 1 is 1.12 bits per heavy atom. The van der Waals surface area contributed by atoms with Gasteiger partial charge in [-0.15, -0.1) is 22.7 Å². The topological polar surface area (TPSA) is 73.5 Å². The molecule has 0 saturated carbocycles. The molecule has 0 radical (unpaired) electrons. The van der Waals surface area contributed by atoms with Crippen molar-refractivity contribution in [3.63, 3.8) is 0 Å². The molecular formula is C26H22N2O4S2. The Bertz CT molecular complexity index is 1470. The Kier molecular flexibility index (Phi) is 6.08. The van der Waals surface area contributed by atoms with E-state index in [-0.39, 0.29) is 12.5 Å². The maximum Gasteiger partial charge on any atom is 0.341 e. The first-order valence-corrected chi connectivity index (χ1v) is 12.6. The third-order valence-corrected chi connectivity index (χ3v) is 7.43. The van der Waals surface area contributed by atoms with Gasteiger partial charge in [0.25, 0.3) is 5.91 Å². The van der Waals surface area contributed by atoms with Crippen molar-refractivity contribution in [2.24, 2.45) is 0 Å². The first-order valence-electron chi connectivity index (χ1n) is 10.8. The van der Waals surface area contributed by atoms with Crippen molar-refractivity contribution >= 4 is 50.7 Å². The number of nitrogens with zero attached hydrogens (tertiary/aromatic N) is 1. The third kappa shape index (κ3) is 4.06. The van der Waals surface area contributed by atoms with Gasteiger partial charge in [-0.05, 0) is 36.4 Å². The number of carbonyl (C=O) groups is 2. The predicted octanol–water partition coefficient (Wildman–Crippen LogP) is 6.81. The van der Waals surface area contributed by atoms with Crippen LogP contribution in [0.15, 0.2) is 70.0 Å². The third-order valence-electron chi connectivity index (χ3n) is 5.63. The fourth-order valence-electron chi connectivity index (χ4n) is 3.93. The van der Waals surface area contributed by atoms with Gasteiger partial charge in [0.2, 0.25) is 0 Å². The van der Waals surface area contributed by atoms with Gasteiger partial charge >= 0.3 is 5.97 Å². The standard InChI is InChI=1S/C26H22N2O4S2/c1-3-31-26(30)23-18(22-9-6-12-33-22)15-34-25(23)27-24(29)20-13-21-19(10-11-32-21)28(20)14-17-8-5-4-7-16(17)2/h4-13,15H,3,14H2,1-2H3,(H,27,29). The highest BCUT2D eigenvalue weighted by Gasteiger charge is 2.25. The van der Waals surface area contributed by atoms with Crippen molar-refractivity contribution in [2.45, 2.75) is 20.4 Å². The van der Waals surface area contributed by atoms with E-state index in [4.69, 9.17) is 9.15 Å². The van der Waals surface area contributed by atoms with E-state index < -0.39 is 5.97 Å². The Balaban J connectivity index is 1.52. The summed E-state index contributed by atoms with van der Waals surface area (Å²) in [6, 6.07) is 15.6. The second kappa shape index (κ2) is 9.32. The van der Waals surface area contributed by atoms with Crippen molar-refractivity contribution in [1.82, 2.24) is 4.57 Å². The molecule has 0 atom stereocenters. The summed E-state index contributed by atoms with van der Waals surface area (Å²) in [5, 5.41) is 7.26. The summed E-state index contributed by atoms with van der Waals surface area (Å²) in [5.41, 5.74) is 5.32. The number of furan rings is 1. The zero-order valence-electron chi connectivity index (χ0n) is 18.7. The molecule has 4 aromatic heterocycles. The van der Waals surface area contributed by atoms with Gasteiger partial charge in [-0.2, -0.15) is 0 Å². The van der Waals surface area contributed by atoms with Crippen LogP contribution in [0, 0.1) is 6.92 Å². The molecule has 8 heteroatoms. The first kappa shape index (κ1) is 22.2. The average Bonchev–Trinajstić information content (AvgIpc) is 3.60. The van der Waals surface area contributed by atoms with Crippen LogP contribution in [0.25, 0.3) is 21.5 Å². The van der Waals surface area contributed by atoms with Gasteiger partial charge < -0.3 is 19.0 Å². The van der Waals surface area contributed by atoms with Crippen LogP contribution in [-0.2, 0) is 11.3 Å². The lowest BCUT2D eigenvalue weighted by atomic mass is 10.1. The van der Waals surface area contributed by atoms with Gasteiger partial charge in [-0.25, -0.2) is 4.79 Å². The highest BCUT2D eigenvalue weighted by Crippen LogP contribution is 2.38. The summed E-state index contributed by atoms with van der Waals surface area (Å²) < 4.78 is 12.8. The lowest BCUT2D eigenvalue weighted by molar-refractivity contribution is 0.0529. The molecule has 0 unspecified atom stereocenters. The minimum Gasteiger partial charge on any atom is -0.463 e. The monoisotopic (exact) mass is 490 g/mol. The summed E-state index contributed by atoms with van der Waals surface area (Å²) >= 11 is 2.85. The fraction of sp³-hybridized carbons (Fsp3) is 0.154. The number of aryl methyl sites for hydroxylation is 1. The first-order chi connectivity index (χ1) is 16.6. The smallest absolute Gasteiger partial charge is 0.341 e. The normalized spacial score (nSPS) is 11.1. The quantitative estimate of drug-likeness (QED) is 0.254. The number of thiophene rings is 2.